The molecule has 0 saturated carbocycles. The lowest BCUT2D eigenvalue weighted by Gasteiger charge is -2.19. The Balaban J connectivity index is 2.26. The zero-order valence-electron chi connectivity index (χ0n) is 11.3. The van der Waals surface area contributed by atoms with Gasteiger partial charge in [0.1, 0.15) is 5.82 Å². The predicted molar refractivity (Wildman–Crippen MR) is 76.7 cm³/mol. The van der Waals surface area contributed by atoms with Gasteiger partial charge in [-0.3, -0.25) is 4.98 Å². The third kappa shape index (κ3) is 3.19. The summed E-state index contributed by atoms with van der Waals surface area (Å²) < 4.78 is 0. The van der Waals surface area contributed by atoms with Crippen LogP contribution in [-0.2, 0) is 6.42 Å². The van der Waals surface area contributed by atoms with E-state index < -0.39 is 0 Å². The smallest absolute Gasteiger partial charge is 0.221 e. The average molecular weight is 257 g/mol. The van der Waals surface area contributed by atoms with E-state index in [2.05, 4.69) is 40.2 Å². The van der Waals surface area contributed by atoms with Gasteiger partial charge in [0.25, 0.3) is 0 Å². The molecule has 0 aromatic carbocycles. The van der Waals surface area contributed by atoms with Crippen molar-refractivity contribution in [2.45, 2.75) is 32.7 Å². The second-order valence-corrected chi connectivity index (χ2v) is 4.35. The van der Waals surface area contributed by atoms with Crippen molar-refractivity contribution in [3.05, 3.63) is 41.9 Å². The number of nitrogens with one attached hydrogen (secondary N) is 1. The van der Waals surface area contributed by atoms with Crippen LogP contribution in [0.25, 0.3) is 0 Å². The van der Waals surface area contributed by atoms with E-state index >= 15 is 0 Å². The highest BCUT2D eigenvalue weighted by Gasteiger charge is 2.12. The van der Waals surface area contributed by atoms with Crippen molar-refractivity contribution >= 4 is 11.8 Å². The lowest BCUT2D eigenvalue weighted by atomic mass is 10.1. The van der Waals surface area contributed by atoms with Gasteiger partial charge in [-0.15, -0.1) is 0 Å². The summed E-state index contributed by atoms with van der Waals surface area (Å²) in [6.07, 6.45) is 7.24. The van der Waals surface area contributed by atoms with E-state index in [0.717, 1.165) is 29.8 Å². The number of pyridine rings is 1. The van der Waals surface area contributed by atoms with E-state index in [9.17, 15) is 0 Å². The van der Waals surface area contributed by atoms with E-state index in [4.69, 9.17) is 5.73 Å². The third-order valence-electron chi connectivity index (χ3n) is 3.07. The molecule has 0 aliphatic heterocycles. The second kappa shape index (κ2) is 6.13. The average Bonchev–Trinajstić information content (AvgIpc) is 2.46. The summed E-state index contributed by atoms with van der Waals surface area (Å²) in [7, 11) is 0. The molecule has 0 radical (unpaired) electrons. The molecule has 0 aliphatic carbocycles. The standard InChI is InChI=1S/C14H19N5/c1-3-10-9-17-14(15)19-13(10)18-12(4-2)11-6-5-7-16-8-11/h5-9,12H,3-4H2,1-2H3,(H3,15,17,18,19)/t12-/m0/s1. The van der Waals surface area contributed by atoms with Crippen molar-refractivity contribution in [3.8, 4) is 0 Å². The van der Waals surface area contributed by atoms with Gasteiger partial charge < -0.3 is 11.1 Å². The fourth-order valence-electron chi connectivity index (χ4n) is 1.97. The fourth-order valence-corrected chi connectivity index (χ4v) is 1.97. The lowest BCUT2D eigenvalue weighted by molar-refractivity contribution is 0.737. The summed E-state index contributed by atoms with van der Waals surface area (Å²) in [5.74, 6) is 1.10. The van der Waals surface area contributed by atoms with Crippen LogP contribution in [0.5, 0.6) is 0 Å². The normalized spacial score (nSPS) is 12.1. The number of nitrogens with two attached hydrogens (primary N) is 1. The summed E-state index contributed by atoms with van der Waals surface area (Å²) in [6, 6.07) is 4.17. The van der Waals surface area contributed by atoms with Crippen LogP contribution < -0.4 is 11.1 Å². The Morgan fingerprint density at radius 3 is 2.79 bits per heavy atom. The first kappa shape index (κ1) is 13.3. The third-order valence-corrected chi connectivity index (χ3v) is 3.07. The van der Waals surface area contributed by atoms with Crippen LogP contribution in [0, 0.1) is 0 Å². The van der Waals surface area contributed by atoms with Gasteiger partial charge in [0.2, 0.25) is 5.95 Å². The van der Waals surface area contributed by atoms with Crippen molar-refractivity contribution in [2.24, 2.45) is 0 Å². The zero-order chi connectivity index (χ0) is 13.7. The molecule has 2 aromatic rings. The monoisotopic (exact) mass is 257 g/mol. The molecule has 3 N–H and O–H groups in total. The van der Waals surface area contributed by atoms with E-state index in [1.54, 1.807) is 12.4 Å². The number of anilines is 2. The number of nitrogens with zero attached hydrogens (tertiary/aromatic N) is 3. The maximum absolute atomic E-state index is 5.66. The van der Waals surface area contributed by atoms with Gasteiger partial charge >= 0.3 is 0 Å². The Morgan fingerprint density at radius 1 is 1.32 bits per heavy atom. The number of aromatic nitrogens is 3. The Morgan fingerprint density at radius 2 is 2.16 bits per heavy atom. The van der Waals surface area contributed by atoms with E-state index in [1.807, 2.05) is 12.3 Å². The summed E-state index contributed by atoms with van der Waals surface area (Å²) in [6.45, 7) is 4.20. The summed E-state index contributed by atoms with van der Waals surface area (Å²) in [5, 5.41) is 3.43. The highest BCUT2D eigenvalue weighted by molar-refractivity contribution is 5.47. The molecule has 0 spiro atoms. The molecule has 0 amide bonds. The van der Waals surface area contributed by atoms with Crippen LogP contribution in [0.1, 0.15) is 37.4 Å². The molecule has 0 fully saturated rings. The first-order valence-corrected chi connectivity index (χ1v) is 6.52. The Kier molecular flexibility index (Phi) is 4.28. The second-order valence-electron chi connectivity index (χ2n) is 4.35. The molecular formula is C14H19N5. The van der Waals surface area contributed by atoms with E-state index in [0.29, 0.717) is 5.95 Å². The number of aryl methyl sites for hydroxylation is 1. The molecule has 0 aliphatic rings. The summed E-state index contributed by atoms with van der Waals surface area (Å²) >= 11 is 0. The molecule has 2 rings (SSSR count). The first-order valence-electron chi connectivity index (χ1n) is 6.52. The maximum atomic E-state index is 5.66. The predicted octanol–water partition coefficient (Wildman–Crippen LogP) is 2.58. The van der Waals surface area contributed by atoms with Crippen LogP contribution >= 0.6 is 0 Å². The fraction of sp³-hybridized carbons (Fsp3) is 0.357. The van der Waals surface area contributed by atoms with Crippen molar-refractivity contribution in [1.29, 1.82) is 0 Å². The number of hydrogen-bond acceptors (Lipinski definition) is 5. The lowest BCUT2D eigenvalue weighted by Crippen LogP contribution is -2.13. The Bertz CT molecular complexity index is 527. The minimum Gasteiger partial charge on any atom is -0.368 e. The maximum Gasteiger partial charge on any atom is 0.221 e. The molecule has 0 bridgehead atoms. The SMILES string of the molecule is CCc1cnc(N)nc1N[C@@H](CC)c1cccnc1. The molecule has 100 valence electrons. The van der Waals surface area contributed by atoms with Crippen molar-refractivity contribution in [3.63, 3.8) is 0 Å². The zero-order valence-corrected chi connectivity index (χ0v) is 11.3. The van der Waals surface area contributed by atoms with E-state index in [1.165, 1.54) is 0 Å². The molecule has 0 unspecified atom stereocenters. The minimum absolute atomic E-state index is 0.174. The topological polar surface area (TPSA) is 76.7 Å². The highest BCUT2D eigenvalue weighted by atomic mass is 15.1. The summed E-state index contributed by atoms with van der Waals surface area (Å²) in [5.41, 5.74) is 7.87. The van der Waals surface area contributed by atoms with Gasteiger partial charge in [0.05, 0.1) is 6.04 Å². The summed E-state index contributed by atoms with van der Waals surface area (Å²) in [4.78, 5) is 12.5. The largest absolute Gasteiger partial charge is 0.368 e. The van der Waals surface area contributed by atoms with Crippen molar-refractivity contribution in [1.82, 2.24) is 15.0 Å². The molecule has 5 nitrogen and oxygen atoms in total. The van der Waals surface area contributed by atoms with Crippen molar-refractivity contribution in [2.75, 3.05) is 11.1 Å². The molecular weight excluding hydrogens is 238 g/mol. The number of nitrogen functional groups attached to an aromatic ring is 1. The Hall–Kier alpha value is -2.17. The molecule has 2 heterocycles. The van der Waals surface area contributed by atoms with Crippen LogP contribution in [0.2, 0.25) is 0 Å². The van der Waals surface area contributed by atoms with E-state index in [-0.39, 0.29) is 6.04 Å². The van der Waals surface area contributed by atoms with Gasteiger partial charge in [-0.1, -0.05) is 19.9 Å². The van der Waals surface area contributed by atoms with Gasteiger partial charge in [0.15, 0.2) is 0 Å². The van der Waals surface area contributed by atoms with Gasteiger partial charge in [0, 0.05) is 24.2 Å². The Labute approximate surface area is 113 Å². The van der Waals surface area contributed by atoms with Gasteiger partial charge in [-0.25, -0.2) is 4.98 Å². The van der Waals surface area contributed by atoms with Crippen LogP contribution in [0.3, 0.4) is 0 Å². The van der Waals surface area contributed by atoms with Crippen LogP contribution in [0.15, 0.2) is 30.7 Å². The molecule has 2 aromatic heterocycles. The quantitative estimate of drug-likeness (QED) is 0.861. The number of hydrogen-bond donors (Lipinski definition) is 2. The minimum atomic E-state index is 0.174. The first-order chi connectivity index (χ1) is 9.24. The van der Waals surface area contributed by atoms with Crippen LogP contribution in [-0.4, -0.2) is 15.0 Å². The van der Waals surface area contributed by atoms with Crippen LogP contribution in [0.4, 0.5) is 11.8 Å². The molecule has 5 heteroatoms. The molecule has 1 atom stereocenters. The van der Waals surface area contributed by atoms with Gasteiger partial charge in [-0.05, 0) is 24.5 Å². The molecule has 0 saturated heterocycles. The number of rotatable bonds is 5. The molecule has 19 heavy (non-hydrogen) atoms. The highest BCUT2D eigenvalue weighted by Crippen LogP contribution is 2.23. The van der Waals surface area contributed by atoms with Gasteiger partial charge in [-0.2, -0.15) is 4.98 Å². The van der Waals surface area contributed by atoms with Crippen molar-refractivity contribution < 1.29 is 0 Å².